The first kappa shape index (κ1) is 16.1. The molecule has 4 rings (SSSR count). The van der Waals surface area contributed by atoms with Crippen molar-refractivity contribution >= 4 is 67.5 Å². The molecule has 0 unspecified atom stereocenters. The Bertz CT molecular complexity index is 1040. The summed E-state index contributed by atoms with van der Waals surface area (Å²) in [5.41, 5.74) is 4.27. The van der Waals surface area contributed by atoms with Crippen molar-refractivity contribution in [3.8, 4) is 0 Å². The standard InChI is InChI=1S/C17H14N2OS4/c20-11(7-9-3-1-5-12-14(9)18-16(21)23-12)8-10-4-2-6-13-15(10)19-17(22)24-13/h1-6,11,20H,7-8H2,(H,18,21)(H,19,22). The van der Waals surface area contributed by atoms with Gasteiger partial charge in [-0.1, -0.05) is 24.3 Å². The summed E-state index contributed by atoms with van der Waals surface area (Å²) in [6.07, 6.45) is 0.700. The molecule has 0 aliphatic heterocycles. The van der Waals surface area contributed by atoms with Gasteiger partial charge in [0.05, 0.1) is 26.5 Å². The number of hydrogen-bond acceptors (Lipinski definition) is 5. The quantitative estimate of drug-likeness (QED) is 0.410. The summed E-state index contributed by atoms with van der Waals surface area (Å²) in [5.74, 6) is 0. The summed E-state index contributed by atoms with van der Waals surface area (Å²) >= 11 is 13.6. The van der Waals surface area contributed by atoms with Crippen LogP contribution in [0, 0.1) is 7.91 Å². The molecular formula is C17H14N2OS4. The monoisotopic (exact) mass is 390 g/mol. The van der Waals surface area contributed by atoms with E-state index in [0.717, 1.165) is 39.5 Å². The lowest BCUT2D eigenvalue weighted by atomic mass is 10.00. The maximum atomic E-state index is 10.6. The maximum Gasteiger partial charge on any atom is 0.159 e. The van der Waals surface area contributed by atoms with Gasteiger partial charge in [0.1, 0.15) is 0 Å². The number of aliphatic hydroxyl groups excluding tert-OH is 1. The summed E-state index contributed by atoms with van der Waals surface area (Å²) in [7, 11) is 0. The van der Waals surface area contributed by atoms with Gasteiger partial charge in [-0.2, -0.15) is 0 Å². The number of para-hydroxylation sites is 2. The van der Waals surface area contributed by atoms with Crippen molar-refractivity contribution in [1.82, 2.24) is 9.97 Å². The topological polar surface area (TPSA) is 51.8 Å². The van der Waals surface area contributed by atoms with Gasteiger partial charge in [-0.15, -0.1) is 22.7 Å². The summed E-state index contributed by atoms with van der Waals surface area (Å²) < 4.78 is 3.80. The fraction of sp³-hybridized carbons (Fsp3) is 0.176. The smallest absolute Gasteiger partial charge is 0.159 e. The second kappa shape index (κ2) is 6.50. The van der Waals surface area contributed by atoms with Gasteiger partial charge in [-0.3, -0.25) is 0 Å². The van der Waals surface area contributed by atoms with E-state index in [0.29, 0.717) is 12.8 Å². The number of thiazole rings is 2. The van der Waals surface area contributed by atoms with Crippen molar-refractivity contribution < 1.29 is 5.11 Å². The lowest BCUT2D eigenvalue weighted by Gasteiger charge is -2.12. The molecule has 0 saturated heterocycles. The minimum atomic E-state index is -0.468. The minimum Gasteiger partial charge on any atom is -0.392 e. The van der Waals surface area contributed by atoms with Gasteiger partial charge in [0.2, 0.25) is 0 Å². The lowest BCUT2D eigenvalue weighted by Crippen LogP contribution is -2.14. The van der Waals surface area contributed by atoms with Crippen LogP contribution >= 0.6 is 47.1 Å². The molecule has 122 valence electrons. The molecule has 3 N–H and O–H groups in total. The molecule has 0 spiro atoms. The first-order valence-corrected chi connectivity index (χ1v) is 9.94. The molecule has 0 aliphatic rings. The Morgan fingerprint density at radius 1 is 0.833 bits per heavy atom. The molecule has 0 amide bonds. The highest BCUT2D eigenvalue weighted by Gasteiger charge is 2.13. The Morgan fingerprint density at radius 2 is 1.29 bits per heavy atom. The van der Waals surface area contributed by atoms with Crippen LogP contribution in [0.3, 0.4) is 0 Å². The lowest BCUT2D eigenvalue weighted by molar-refractivity contribution is 0.176. The molecule has 2 aromatic carbocycles. The number of hydrogen-bond donors (Lipinski definition) is 3. The number of aromatic nitrogens is 2. The van der Waals surface area contributed by atoms with E-state index in [1.807, 2.05) is 36.4 Å². The molecule has 7 heteroatoms. The van der Waals surface area contributed by atoms with Crippen molar-refractivity contribution in [1.29, 1.82) is 0 Å². The number of fused-ring (bicyclic) bond motifs is 2. The molecule has 0 radical (unpaired) electrons. The molecular weight excluding hydrogens is 376 g/mol. The van der Waals surface area contributed by atoms with Crippen LogP contribution in [0.5, 0.6) is 0 Å². The Labute approximate surface area is 156 Å². The number of rotatable bonds is 4. The molecule has 0 fully saturated rings. The summed E-state index contributed by atoms with van der Waals surface area (Å²) in [6.45, 7) is 0. The van der Waals surface area contributed by atoms with Crippen LogP contribution in [-0.4, -0.2) is 21.2 Å². The molecule has 3 nitrogen and oxygen atoms in total. The zero-order valence-corrected chi connectivity index (χ0v) is 15.8. The molecule has 2 aromatic heterocycles. The fourth-order valence-electron chi connectivity index (χ4n) is 2.98. The fourth-order valence-corrected chi connectivity index (χ4v) is 5.29. The van der Waals surface area contributed by atoms with Gasteiger partial charge in [-0.25, -0.2) is 0 Å². The van der Waals surface area contributed by atoms with Gasteiger partial charge >= 0.3 is 0 Å². The van der Waals surface area contributed by atoms with Crippen LogP contribution in [0.2, 0.25) is 0 Å². The third kappa shape index (κ3) is 3.10. The van der Waals surface area contributed by atoms with E-state index in [1.165, 1.54) is 0 Å². The Morgan fingerprint density at radius 3 is 1.75 bits per heavy atom. The highest BCUT2D eigenvalue weighted by atomic mass is 32.2. The maximum absolute atomic E-state index is 10.6. The van der Waals surface area contributed by atoms with Crippen molar-refractivity contribution in [3.05, 3.63) is 55.4 Å². The third-order valence-electron chi connectivity index (χ3n) is 4.00. The predicted octanol–water partition coefficient (Wildman–Crippen LogP) is 5.38. The molecule has 0 saturated carbocycles. The van der Waals surface area contributed by atoms with E-state index in [2.05, 4.69) is 9.97 Å². The largest absolute Gasteiger partial charge is 0.392 e. The van der Waals surface area contributed by atoms with E-state index in [9.17, 15) is 5.11 Å². The van der Waals surface area contributed by atoms with E-state index >= 15 is 0 Å². The molecule has 0 bridgehead atoms. The predicted molar refractivity (Wildman–Crippen MR) is 107 cm³/mol. The zero-order chi connectivity index (χ0) is 16.7. The first-order valence-electron chi connectivity index (χ1n) is 7.49. The van der Waals surface area contributed by atoms with Crippen LogP contribution in [0.4, 0.5) is 0 Å². The van der Waals surface area contributed by atoms with E-state index in [-0.39, 0.29) is 0 Å². The number of nitrogens with one attached hydrogen (secondary N) is 2. The third-order valence-corrected chi connectivity index (χ3v) is 6.39. The average molecular weight is 391 g/mol. The first-order chi connectivity index (χ1) is 11.6. The second-order valence-corrected chi connectivity index (χ2v) is 9.11. The van der Waals surface area contributed by atoms with Crippen molar-refractivity contribution in [2.24, 2.45) is 0 Å². The Kier molecular flexibility index (Phi) is 4.36. The highest BCUT2D eigenvalue weighted by molar-refractivity contribution is 7.74. The molecule has 0 atom stereocenters. The van der Waals surface area contributed by atoms with E-state index < -0.39 is 6.10 Å². The summed E-state index contributed by atoms with van der Waals surface area (Å²) in [4.78, 5) is 6.47. The SMILES string of the molecule is OC(Cc1cccc2sc(=S)[nH]c12)Cc1cccc2sc(=S)[nH]c12. The molecule has 4 aromatic rings. The van der Waals surface area contributed by atoms with Gasteiger partial charge in [0.15, 0.2) is 7.91 Å². The van der Waals surface area contributed by atoms with E-state index in [4.69, 9.17) is 24.4 Å². The summed E-state index contributed by atoms with van der Waals surface area (Å²) in [5, 5.41) is 10.6. The van der Waals surface area contributed by atoms with Gasteiger partial charge in [0, 0.05) is 12.8 Å². The van der Waals surface area contributed by atoms with Gasteiger partial charge in [0.25, 0.3) is 0 Å². The van der Waals surface area contributed by atoms with Crippen molar-refractivity contribution in [2.75, 3.05) is 0 Å². The van der Waals surface area contributed by atoms with Crippen LogP contribution in [0.15, 0.2) is 36.4 Å². The molecule has 0 aliphatic carbocycles. The number of H-pyrrole nitrogens is 2. The number of aliphatic hydroxyl groups is 1. The van der Waals surface area contributed by atoms with Crippen LogP contribution in [-0.2, 0) is 12.8 Å². The number of aromatic amines is 2. The molecule has 24 heavy (non-hydrogen) atoms. The van der Waals surface area contributed by atoms with Crippen LogP contribution < -0.4 is 0 Å². The van der Waals surface area contributed by atoms with Gasteiger partial charge in [-0.05, 0) is 47.7 Å². The van der Waals surface area contributed by atoms with Gasteiger partial charge < -0.3 is 15.1 Å². The summed E-state index contributed by atoms with van der Waals surface area (Å²) in [6, 6.07) is 12.2. The highest BCUT2D eigenvalue weighted by Crippen LogP contribution is 2.26. The van der Waals surface area contributed by atoms with Crippen molar-refractivity contribution in [3.63, 3.8) is 0 Å². The van der Waals surface area contributed by atoms with Crippen LogP contribution in [0.1, 0.15) is 11.1 Å². The molecule has 2 heterocycles. The zero-order valence-electron chi connectivity index (χ0n) is 12.5. The Balaban J connectivity index is 1.63. The second-order valence-electron chi connectivity index (χ2n) is 5.67. The van der Waals surface area contributed by atoms with Crippen LogP contribution in [0.25, 0.3) is 20.4 Å². The normalized spacial score (nSPS) is 11.8. The van der Waals surface area contributed by atoms with Crippen molar-refractivity contribution in [2.45, 2.75) is 18.9 Å². The average Bonchev–Trinajstić information content (AvgIpc) is 3.09. The Hall–Kier alpha value is -1.38. The number of benzene rings is 2. The van der Waals surface area contributed by atoms with E-state index in [1.54, 1.807) is 22.7 Å². The minimum absolute atomic E-state index is 0.468.